The molecule has 0 aliphatic carbocycles. The van der Waals surface area contributed by atoms with Gasteiger partial charge in [-0.3, -0.25) is 4.79 Å². The molecule has 0 saturated carbocycles. The summed E-state index contributed by atoms with van der Waals surface area (Å²) >= 11 is 0. The normalized spacial score (nSPS) is 9.75. The van der Waals surface area contributed by atoms with Gasteiger partial charge in [-0.15, -0.1) is 0 Å². The second-order valence-corrected chi connectivity index (χ2v) is 3.88. The van der Waals surface area contributed by atoms with Gasteiger partial charge in [0.1, 0.15) is 12.9 Å². The first-order chi connectivity index (χ1) is 9.60. The van der Waals surface area contributed by atoms with E-state index < -0.39 is 17.2 Å². The number of benzene rings is 1. The van der Waals surface area contributed by atoms with Crippen molar-refractivity contribution >= 4 is 5.97 Å². The highest BCUT2D eigenvalue weighted by atomic mass is 16.5. The lowest BCUT2D eigenvalue weighted by atomic mass is 10.2. The molecule has 0 aliphatic heterocycles. The number of aromatic carboxylic acids is 1. The number of carboxylic acid groups (broad SMARTS) is 1. The second-order valence-electron chi connectivity index (χ2n) is 3.88. The minimum absolute atomic E-state index is 0.0700. The van der Waals surface area contributed by atoms with Gasteiger partial charge in [-0.1, -0.05) is 12.1 Å². The SMILES string of the molecule is N#Cc1ccc(COc2coc(C(=O)O)cc2=O)cc1. The number of carboxylic acids is 1. The molecule has 0 atom stereocenters. The van der Waals surface area contributed by atoms with Gasteiger partial charge in [-0.25, -0.2) is 4.79 Å². The Kier molecular flexibility index (Phi) is 3.82. The van der Waals surface area contributed by atoms with Gasteiger partial charge < -0.3 is 14.3 Å². The molecular weight excluding hydrogens is 262 g/mol. The van der Waals surface area contributed by atoms with Crippen LogP contribution in [-0.2, 0) is 6.61 Å². The zero-order chi connectivity index (χ0) is 14.5. The molecule has 6 heteroatoms. The summed E-state index contributed by atoms with van der Waals surface area (Å²) in [6, 6.07) is 9.52. The molecule has 6 nitrogen and oxygen atoms in total. The Bertz CT molecular complexity index is 724. The highest BCUT2D eigenvalue weighted by molar-refractivity contribution is 5.84. The molecule has 0 saturated heterocycles. The maximum atomic E-state index is 11.6. The van der Waals surface area contributed by atoms with Crippen LogP contribution in [0.4, 0.5) is 0 Å². The zero-order valence-corrected chi connectivity index (χ0v) is 10.2. The van der Waals surface area contributed by atoms with Gasteiger partial charge in [0.2, 0.25) is 16.9 Å². The summed E-state index contributed by atoms with van der Waals surface area (Å²) < 4.78 is 10.0. The van der Waals surface area contributed by atoms with Crippen molar-refractivity contribution in [2.24, 2.45) is 0 Å². The summed E-state index contributed by atoms with van der Waals surface area (Å²) in [7, 11) is 0. The van der Waals surface area contributed by atoms with E-state index in [0.29, 0.717) is 5.56 Å². The van der Waals surface area contributed by atoms with Crippen LogP contribution in [0.1, 0.15) is 21.7 Å². The van der Waals surface area contributed by atoms with Crippen molar-refractivity contribution in [3.63, 3.8) is 0 Å². The van der Waals surface area contributed by atoms with E-state index in [9.17, 15) is 9.59 Å². The average molecular weight is 271 g/mol. The molecule has 0 spiro atoms. The smallest absolute Gasteiger partial charge is 0.371 e. The zero-order valence-electron chi connectivity index (χ0n) is 10.2. The number of carbonyl (C=O) groups is 1. The molecule has 1 N–H and O–H groups in total. The van der Waals surface area contributed by atoms with E-state index in [2.05, 4.69) is 0 Å². The van der Waals surface area contributed by atoms with E-state index in [4.69, 9.17) is 19.5 Å². The Labute approximate surface area is 113 Å². The largest absolute Gasteiger partial charge is 0.482 e. The quantitative estimate of drug-likeness (QED) is 0.909. The number of hydrogen-bond donors (Lipinski definition) is 1. The number of rotatable bonds is 4. The summed E-state index contributed by atoms with van der Waals surface area (Å²) in [5, 5.41) is 17.3. The Morgan fingerprint density at radius 3 is 2.60 bits per heavy atom. The highest BCUT2D eigenvalue weighted by Gasteiger charge is 2.10. The molecular formula is C14H9NO5. The van der Waals surface area contributed by atoms with Gasteiger partial charge in [-0.2, -0.15) is 5.26 Å². The minimum atomic E-state index is -1.32. The fraction of sp³-hybridized carbons (Fsp3) is 0.0714. The Morgan fingerprint density at radius 1 is 1.35 bits per heavy atom. The van der Waals surface area contributed by atoms with E-state index in [-0.39, 0.29) is 12.4 Å². The molecule has 1 aromatic heterocycles. The molecule has 0 fully saturated rings. The highest BCUT2D eigenvalue weighted by Crippen LogP contribution is 2.10. The monoisotopic (exact) mass is 271 g/mol. The van der Waals surface area contributed by atoms with Crippen molar-refractivity contribution in [1.29, 1.82) is 5.26 Å². The molecule has 0 amide bonds. The maximum Gasteiger partial charge on any atom is 0.371 e. The van der Waals surface area contributed by atoms with Crippen LogP contribution in [0.2, 0.25) is 0 Å². The summed E-state index contributed by atoms with van der Waals surface area (Å²) in [5.41, 5.74) is 0.729. The van der Waals surface area contributed by atoms with E-state index in [1.54, 1.807) is 24.3 Å². The van der Waals surface area contributed by atoms with E-state index in [1.807, 2.05) is 6.07 Å². The predicted molar refractivity (Wildman–Crippen MR) is 67.4 cm³/mol. The van der Waals surface area contributed by atoms with Crippen LogP contribution >= 0.6 is 0 Å². The molecule has 2 rings (SSSR count). The summed E-state index contributed by atoms with van der Waals surface area (Å²) in [6.07, 6.45) is 0.968. The van der Waals surface area contributed by atoms with Crippen LogP contribution < -0.4 is 10.2 Å². The van der Waals surface area contributed by atoms with Gasteiger partial charge in [-0.05, 0) is 17.7 Å². The molecule has 0 bridgehead atoms. The van der Waals surface area contributed by atoms with Gasteiger partial charge in [0.25, 0.3) is 0 Å². The Balaban J connectivity index is 2.09. The third kappa shape index (κ3) is 3.03. The van der Waals surface area contributed by atoms with Crippen molar-refractivity contribution in [2.45, 2.75) is 6.61 Å². The van der Waals surface area contributed by atoms with Crippen molar-refractivity contribution in [3.8, 4) is 11.8 Å². The number of nitrogens with zero attached hydrogens (tertiary/aromatic N) is 1. The van der Waals surface area contributed by atoms with Gasteiger partial charge in [0.05, 0.1) is 11.6 Å². The number of hydrogen-bond acceptors (Lipinski definition) is 5. The van der Waals surface area contributed by atoms with Gasteiger partial charge >= 0.3 is 5.97 Å². The summed E-state index contributed by atoms with van der Waals surface area (Å²) in [5.74, 6) is -1.83. The Hall–Kier alpha value is -3.07. The van der Waals surface area contributed by atoms with Crippen LogP contribution in [0.5, 0.6) is 5.75 Å². The van der Waals surface area contributed by atoms with E-state index in [1.165, 1.54) is 0 Å². The van der Waals surface area contributed by atoms with Crippen LogP contribution in [0.15, 0.2) is 45.8 Å². The predicted octanol–water partition coefficient (Wildman–Crippen LogP) is 1.79. The lowest BCUT2D eigenvalue weighted by Gasteiger charge is -2.05. The third-order valence-electron chi connectivity index (χ3n) is 2.49. The van der Waals surface area contributed by atoms with Crippen LogP contribution in [0, 0.1) is 11.3 Å². The van der Waals surface area contributed by atoms with Crippen molar-refractivity contribution in [3.05, 3.63) is 63.7 Å². The first kappa shape index (κ1) is 13.4. The molecule has 1 aromatic carbocycles. The lowest BCUT2D eigenvalue weighted by molar-refractivity contribution is 0.0658. The minimum Gasteiger partial charge on any atom is -0.482 e. The molecule has 20 heavy (non-hydrogen) atoms. The van der Waals surface area contributed by atoms with Crippen molar-refractivity contribution in [1.82, 2.24) is 0 Å². The van der Waals surface area contributed by atoms with E-state index >= 15 is 0 Å². The summed E-state index contributed by atoms with van der Waals surface area (Å²) in [4.78, 5) is 22.2. The van der Waals surface area contributed by atoms with Crippen LogP contribution in [-0.4, -0.2) is 11.1 Å². The molecule has 2 aromatic rings. The third-order valence-corrected chi connectivity index (χ3v) is 2.49. The van der Waals surface area contributed by atoms with Crippen molar-refractivity contribution in [2.75, 3.05) is 0 Å². The van der Waals surface area contributed by atoms with Crippen LogP contribution in [0.25, 0.3) is 0 Å². The van der Waals surface area contributed by atoms with Crippen molar-refractivity contribution < 1.29 is 19.1 Å². The standard InChI is InChI=1S/C14H9NO5/c15-6-9-1-3-10(4-2-9)7-19-13-8-20-12(14(17)18)5-11(13)16/h1-5,8H,7H2,(H,17,18). The molecule has 0 aliphatic rings. The van der Waals surface area contributed by atoms with Gasteiger partial charge in [0.15, 0.2) is 0 Å². The molecule has 100 valence electrons. The fourth-order valence-electron chi connectivity index (χ4n) is 1.45. The fourth-order valence-corrected chi connectivity index (χ4v) is 1.45. The number of ether oxygens (including phenoxy) is 1. The molecule has 0 unspecified atom stereocenters. The van der Waals surface area contributed by atoms with Crippen LogP contribution in [0.3, 0.4) is 0 Å². The molecule has 0 radical (unpaired) electrons. The topological polar surface area (TPSA) is 101 Å². The average Bonchev–Trinajstić information content (AvgIpc) is 2.46. The van der Waals surface area contributed by atoms with Gasteiger partial charge in [0, 0.05) is 6.07 Å². The second kappa shape index (κ2) is 5.71. The van der Waals surface area contributed by atoms with E-state index in [0.717, 1.165) is 17.9 Å². The first-order valence-corrected chi connectivity index (χ1v) is 5.58. The summed E-state index contributed by atoms with van der Waals surface area (Å²) in [6.45, 7) is 0.114. The Morgan fingerprint density at radius 2 is 2.05 bits per heavy atom. The maximum absolute atomic E-state index is 11.6. The molecule has 1 heterocycles. The lowest BCUT2D eigenvalue weighted by Crippen LogP contribution is -2.10. The first-order valence-electron chi connectivity index (χ1n) is 5.58. The number of nitriles is 1.